The highest BCUT2D eigenvalue weighted by atomic mass is 19.1. The molecule has 2 heterocycles. The van der Waals surface area contributed by atoms with Crippen molar-refractivity contribution < 1.29 is 23.2 Å². The minimum absolute atomic E-state index is 0.142. The van der Waals surface area contributed by atoms with Crippen molar-refractivity contribution in [2.75, 3.05) is 25.0 Å². The Hall–Kier alpha value is -3.94. The quantitative estimate of drug-likeness (QED) is 0.575. The Morgan fingerprint density at radius 3 is 2.50 bits per heavy atom. The summed E-state index contributed by atoms with van der Waals surface area (Å²) in [5, 5.41) is 2.80. The van der Waals surface area contributed by atoms with Crippen molar-refractivity contribution >= 4 is 23.4 Å². The maximum Gasteiger partial charge on any atom is 0.253 e. The zero-order chi connectivity index (χ0) is 23.9. The number of carbonyl (C=O) groups is 3. The first kappa shape index (κ1) is 23.2. The third-order valence-corrected chi connectivity index (χ3v) is 5.78. The van der Waals surface area contributed by atoms with Crippen molar-refractivity contribution in [2.24, 2.45) is 5.92 Å². The highest BCUT2D eigenvalue weighted by molar-refractivity contribution is 5.96. The first-order valence-corrected chi connectivity index (χ1v) is 11.2. The molecule has 2 aromatic carbocycles. The Morgan fingerprint density at radius 1 is 1.03 bits per heavy atom. The van der Waals surface area contributed by atoms with Crippen molar-refractivity contribution in [1.82, 2.24) is 9.80 Å². The van der Waals surface area contributed by atoms with Crippen LogP contribution in [0.5, 0.6) is 0 Å². The van der Waals surface area contributed by atoms with Crippen LogP contribution in [-0.4, -0.2) is 47.2 Å². The van der Waals surface area contributed by atoms with Crippen molar-refractivity contribution in [3.63, 3.8) is 0 Å². The zero-order valence-electron chi connectivity index (χ0n) is 18.7. The van der Waals surface area contributed by atoms with E-state index in [0.717, 1.165) is 0 Å². The number of anilines is 1. The van der Waals surface area contributed by atoms with Crippen molar-refractivity contribution in [2.45, 2.75) is 19.4 Å². The molecule has 0 radical (unpaired) electrons. The molecule has 0 bridgehead atoms. The number of likely N-dealkylation sites (tertiary alicyclic amines) is 1. The van der Waals surface area contributed by atoms with Crippen LogP contribution < -0.4 is 5.32 Å². The van der Waals surface area contributed by atoms with E-state index in [2.05, 4.69) is 5.32 Å². The molecule has 1 unspecified atom stereocenters. The summed E-state index contributed by atoms with van der Waals surface area (Å²) < 4.78 is 18.6. The van der Waals surface area contributed by atoms with E-state index in [9.17, 15) is 18.8 Å². The molecule has 1 aliphatic rings. The molecule has 0 saturated carbocycles. The van der Waals surface area contributed by atoms with Gasteiger partial charge in [-0.15, -0.1) is 0 Å². The third kappa shape index (κ3) is 5.89. The average molecular weight is 464 g/mol. The highest BCUT2D eigenvalue weighted by Gasteiger charge is 2.32. The van der Waals surface area contributed by atoms with Crippen LogP contribution in [0.4, 0.5) is 10.1 Å². The van der Waals surface area contributed by atoms with Gasteiger partial charge in [-0.05, 0) is 61.4 Å². The molecule has 0 spiro atoms. The van der Waals surface area contributed by atoms with E-state index >= 15 is 0 Å². The number of rotatable bonds is 7. The molecule has 1 aliphatic heterocycles. The lowest BCUT2D eigenvalue weighted by molar-refractivity contribution is -0.140. The topological polar surface area (TPSA) is 82.9 Å². The largest absolute Gasteiger partial charge is 0.467 e. The van der Waals surface area contributed by atoms with Crippen LogP contribution in [0, 0.1) is 11.7 Å². The van der Waals surface area contributed by atoms with Gasteiger partial charge in [0.2, 0.25) is 11.8 Å². The molecule has 1 N–H and O–H groups in total. The lowest BCUT2D eigenvalue weighted by Crippen LogP contribution is -2.48. The van der Waals surface area contributed by atoms with Crippen LogP contribution in [-0.2, 0) is 16.1 Å². The molecular weight excluding hydrogens is 437 g/mol. The number of carbonyl (C=O) groups excluding carboxylic acids is 3. The molecule has 7 nitrogen and oxygen atoms in total. The van der Waals surface area contributed by atoms with Gasteiger partial charge in [0.15, 0.2) is 0 Å². The number of amides is 3. The predicted octanol–water partition coefficient (Wildman–Crippen LogP) is 3.94. The molecule has 8 heteroatoms. The molecular formula is C26H26FN3O4. The summed E-state index contributed by atoms with van der Waals surface area (Å²) in [6.07, 6.45) is 2.79. The van der Waals surface area contributed by atoms with Gasteiger partial charge in [-0.1, -0.05) is 18.2 Å². The first-order valence-electron chi connectivity index (χ1n) is 11.2. The first-order chi connectivity index (χ1) is 16.5. The summed E-state index contributed by atoms with van der Waals surface area (Å²) in [5.41, 5.74) is 1.02. The second-order valence-corrected chi connectivity index (χ2v) is 8.29. The summed E-state index contributed by atoms with van der Waals surface area (Å²) in [4.78, 5) is 42.1. The summed E-state index contributed by atoms with van der Waals surface area (Å²) in [6.45, 7) is 0.768. The number of hydrogen-bond donors (Lipinski definition) is 1. The molecule has 34 heavy (non-hydrogen) atoms. The van der Waals surface area contributed by atoms with Gasteiger partial charge >= 0.3 is 0 Å². The number of hydrogen-bond acceptors (Lipinski definition) is 4. The van der Waals surface area contributed by atoms with Gasteiger partial charge in [0.05, 0.1) is 18.7 Å². The molecule has 1 aromatic heterocycles. The van der Waals surface area contributed by atoms with Gasteiger partial charge in [0, 0.05) is 24.3 Å². The SMILES string of the molecule is O=C(CN(Cc1ccco1)C(=O)C1CCCN(C(=O)c2ccc(F)cc2)C1)Nc1ccccc1. The number of halogens is 1. The van der Waals surface area contributed by atoms with Gasteiger partial charge in [0.1, 0.15) is 18.1 Å². The number of para-hydroxylation sites is 1. The fraction of sp³-hybridized carbons (Fsp3) is 0.269. The number of piperidine rings is 1. The molecule has 0 aliphatic carbocycles. The fourth-order valence-corrected chi connectivity index (χ4v) is 4.09. The Morgan fingerprint density at radius 2 is 1.79 bits per heavy atom. The van der Waals surface area contributed by atoms with E-state index in [0.29, 0.717) is 36.4 Å². The summed E-state index contributed by atoms with van der Waals surface area (Å²) in [5.74, 6) is -1.06. The van der Waals surface area contributed by atoms with Gasteiger partial charge in [-0.3, -0.25) is 14.4 Å². The normalized spacial score (nSPS) is 15.6. The number of furan rings is 1. The second kappa shape index (κ2) is 10.8. The molecule has 4 rings (SSSR count). The molecule has 1 fully saturated rings. The van der Waals surface area contributed by atoms with E-state index in [1.165, 1.54) is 35.4 Å². The number of benzene rings is 2. The van der Waals surface area contributed by atoms with Crippen LogP contribution in [0.25, 0.3) is 0 Å². The molecule has 3 amide bonds. The molecule has 176 valence electrons. The summed E-state index contributed by atoms with van der Waals surface area (Å²) >= 11 is 0. The number of nitrogens with zero attached hydrogens (tertiary/aromatic N) is 2. The predicted molar refractivity (Wildman–Crippen MR) is 124 cm³/mol. The molecule has 1 atom stereocenters. The Bertz CT molecular complexity index is 1120. The minimum atomic E-state index is -0.447. The minimum Gasteiger partial charge on any atom is -0.467 e. The fourth-order valence-electron chi connectivity index (χ4n) is 4.09. The smallest absolute Gasteiger partial charge is 0.253 e. The van der Waals surface area contributed by atoms with Crippen LogP contribution in [0.15, 0.2) is 77.4 Å². The van der Waals surface area contributed by atoms with Crippen LogP contribution >= 0.6 is 0 Å². The third-order valence-electron chi connectivity index (χ3n) is 5.78. The van der Waals surface area contributed by atoms with E-state index in [1.807, 2.05) is 18.2 Å². The van der Waals surface area contributed by atoms with Gasteiger partial charge in [0.25, 0.3) is 5.91 Å². The van der Waals surface area contributed by atoms with E-state index in [4.69, 9.17) is 4.42 Å². The van der Waals surface area contributed by atoms with E-state index < -0.39 is 11.7 Å². The van der Waals surface area contributed by atoms with E-state index in [1.54, 1.807) is 29.2 Å². The van der Waals surface area contributed by atoms with Gasteiger partial charge < -0.3 is 19.5 Å². The maximum atomic E-state index is 13.5. The Labute approximate surface area is 197 Å². The van der Waals surface area contributed by atoms with E-state index in [-0.39, 0.29) is 37.4 Å². The van der Waals surface area contributed by atoms with Crippen LogP contribution in [0.2, 0.25) is 0 Å². The molecule has 1 saturated heterocycles. The van der Waals surface area contributed by atoms with Gasteiger partial charge in [-0.25, -0.2) is 4.39 Å². The molecule has 3 aromatic rings. The van der Waals surface area contributed by atoms with Crippen LogP contribution in [0.1, 0.15) is 29.0 Å². The lowest BCUT2D eigenvalue weighted by Gasteiger charge is -2.34. The Balaban J connectivity index is 1.45. The lowest BCUT2D eigenvalue weighted by atomic mass is 9.95. The van der Waals surface area contributed by atoms with Gasteiger partial charge in [-0.2, -0.15) is 0 Å². The monoisotopic (exact) mass is 463 g/mol. The summed E-state index contributed by atoms with van der Waals surface area (Å²) in [6, 6.07) is 17.9. The van der Waals surface area contributed by atoms with Crippen molar-refractivity contribution in [3.8, 4) is 0 Å². The van der Waals surface area contributed by atoms with Crippen molar-refractivity contribution in [3.05, 3.63) is 90.1 Å². The Kier molecular flexibility index (Phi) is 7.37. The van der Waals surface area contributed by atoms with Crippen molar-refractivity contribution in [1.29, 1.82) is 0 Å². The highest BCUT2D eigenvalue weighted by Crippen LogP contribution is 2.22. The second-order valence-electron chi connectivity index (χ2n) is 8.29. The van der Waals surface area contributed by atoms with Crippen LogP contribution in [0.3, 0.4) is 0 Å². The average Bonchev–Trinajstić information content (AvgIpc) is 3.37. The number of nitrogens with one attached hydrogen (secondary N) is 1. The summed E-state index contributed by atoms with van der Waals surface area (Å²) in [7, 11) is 0. The maximum absolute atomic E-state index is 13.5. The standard InChI is InChI=1S/C26H26FN3O4/c27-21-12-10-19(11-13-21)25(32)29-14-4-6-20(16-29)26(33)30(17-23-9-5-15-34-23)18-24(31)28-22-7-2-1-3-8-22/h1-3,5,7-13,15,20H,4,6,14,16-18H2,(H,28,31). The zero-order valence-corrected chi connectivity index (χ0v) is 18.7.